The highest BCUT2D eigenvalue weighted by Gasteiger charge is 2.04. The summed E-state index contributed by atoms with van der Waals surface area (Å²) >= 11 is 3.58. The van der Waals surface area contributed by atoms with Crippen LogP contribution in [-0.2, 0) is 0 Å². The van der Waals surface area contributed by atoms with Gasteiger partial charge in [0, 0.05) is 4.47 Å². The van der Waals surface area contributed by atoms with Crippen molar-refractivity contribution in [3.8, 4) is 11.1 Å². The summed E-state index contributed by atoms with van der Waals surface area (Å²) in [7, 11) is 0. The first-order chi connectivity index (χ1) is 7.66. The Labute approximate surface area is 105 Å². The van der Waals surface area contributed by atoms with E-state index in [0.717, 1.165) is 4.47 Å². The number of hydrogen-bond acceptors (Lipinski definition) is 0. The first-order valence-corrected chi connectivity index (χ1v) is 6.32. The van der Waals surface area contributed by atoms with Gasteiger partial charge in [-0.3, -0.25) is 0 Å². The van der Waals surface area contributed by atoms with E-state index in [-0.39, 0.29) is 0 Å². The Bertz CT molecular complexity index is 472. The maximum Gasteiger partial charge on any atom is 0.0184 e. The summed E-state index contributed by atoms with van der Waals surface area (Å²) < 4.78 is 1.15. The van der Waals surface area contributed by atoms with Crippen LogP contribution in [0.15, 0.2) is 53.0 Å². The molecule has 82 valence electrons. The van der Waals surface area contributed by atoms with Crippen molar-refractivity contribution < 1.29 is 0 Å². The molecule has 0 N–H and O–H groups in total. The van der Waals surface area contributed by atoms with Gasteiger partial charge < -0.3 is 0 Å². The SMILES string of the molecule is CC(C)c1cc(Br)cc(-c2ccccc2)c1. The highest BCUT2D eigenvalue weighted by Crippen LogP contribution is 2.28. The molecule has 0 fully saturated rings. The monoisotopic (exact) mass is 274 g/mol. The minimum absolute atomic E-state index is 0.556. The third kappa shape index (κ3) is 2.53. The lowest BCUT2D eigenvalue weighted by atomic mass is 9.97. The van der Waals surface area contributed by atoms with Gasteiger partial charge in [0.15, 0.2) is 0 Å². The van der Waals surface area contributed by atoms with E-state index in [9.17, 15) is 0 Å². The van der Waals surface area contributed by atoms with Crippen LogP contribution in [0.1, 0.15) is 25.3 Å². The van der Waals surface area contributed by atoms with Crippen molar-refractivity contribution in [2.24, 2.45) is 0 Å². The summed E-state index contributed by atoms with van der Waals surface area (Å²) in [5.41, 5.74) is 3.91. The lowest BCUT2D eigenvalue weighted by Gasteiger charge is -2.09. The van der Waals surface area contributed by atoms with Crippen molar-refractivity contribution in [2.75, 3.05) is 0 Å². The molecule has 1 heteroatoms. The summed E-state index contributed by atoms with van der Waals surface area (Å²) in [6.07, 6.45) is 0. The van der Waals surface area contributed by atoms with Crippen molar-refractivity contribution in [3.63, 3.8) is 0 Å². The molecule has 0 saturated carbocycles. The standard InChI is InChI=1S/C15H15Br/c1-11(2)13-8-14(10-15(16)9-13)12-6-4-3-5-7-12/h3-11H,1-2H3. The van der Waals surface area contributed by atoms with Crippen LogP contribution >= 0.6 is 15.9 Å². The maximum absolute atomic E-state index is 3.58. The second-order valence-corrected chi connectivity index (χ2v) is 5.21. The van der Waals surface area contributed by atoms with E-state index in [1.807, 2.05) is 6.07 Å². The number of hydrogen-bond donors (Lipinski definition) is 0. The van der Waals surface area contributed by atoms with Crippen molar-refractivity contribution >= 4 is 15.9 Å². The Morgan fingerprint density at radius 3 is 2.19 bits per heavy atom. The molecule has 0 spiro atoms. The molecule has 0 radical (unpaired) electrons. The summed E-state index contributed by atoms with van der Waals surface area (Å²) in [5.74, 6) is 0.556. The van der Waals surface area contributed by atoms with Crippen LogP contribution in [-0.4, -0.2) is 0 Å². The quantitative estimate of drug-likeness (QED) is 0.703. The largest absolute Gasteiger partial charge is 0.0622 e. The minimum Gasteiger partial charge on any atom is -0.0622 e. The normalized spacial score (nSPS) is 10.8. The molecule has 0 aliphatic heterocycles. The van der Waals surface area contributed by atoms with Crippen LogP contribution in [0.2, 0.25) is 0 Å². The molecule has 0 heterocycles. The molecule has 0 saturated heterocycles. The van der Waals surface area contributed by atoms with Gasteiger partial charge in [-0.05, 0) is 34.7 Å². The topological polar surface area (TPSA) is 0 Å². The van der Waals surface area contributed by atoms with Crippen LogP contribution < -0.4 is 0 Å². The molecule has 2 aromatic carbocycles. The highest BCUT2D eigenvalue weighted by atomic mass is 79.9. The van der Waals surface area contributed by atoms with Crippen LogP contribution in [0.5, 0.6) is 0 Å². The predicted molar refractivity (Wildman–Crippen MR) is 73.7 cm³/mol. The molecule has 2 rings (SSSR count). The van der Waals surface area contributed by atoms with Crippen molar-refractivity contribution in [1.82, 2.24) is 0 Å². The van der Waals surface area contributed by atoms with E-state index in [1.165, 1.54) is 16.7 Å². The van der Waals surface area contributed by atoms with Gasteiger partial charge in [0.05, 0.1) is 0 Å². The lowest BCUT2D eigenvalue weighted by molar-refractivity contribution is 0.866. The summed E-state index contributed by atoms with van der Waals surface area (Å²) in [5, 5.41) is 0. The molecule has 0 aliphatic carbocycles. The molecule has 16 heavy (non-hydrogen) atoms. The molecular formula is C15H15Br. The smallest absolute Gasteiger partial charge is 0.0184 e. The lowest BCUT2D eigenvalue weighted by Crippen LogP contribution is -1.88. The van der Waals surface area contributed by atoms with Crippen LogP contribution in [0, 0.1) is 0 Å². The Kier molecular flexibility index (Phi) is 3.45. The minimum atomic E-state index is 0.556. The van der Waals surface area contributed by atoms with E-state index >= 15 is 0 Å². The predicted octanol–water partition coefficient (Wildman–Crippen LogP) is 5.24. The summed E-state index contributed by atoms with van der Waals surface area (Å²) in [6, 6.07) is 17.1. The van der Waals surface area contributed by atoms with Gasteiger partial charge in [-0.25, -0.2) is 0 Å². The molecule has 0 atom stereocenters. The van der Waals surface area contributed by atoms with Gasteiger partial charge in [0.25, 0.3) is 0 Å². The first-order valence-electron chi connectivity index (χ1n) is 5.53. The van der Waals surface area contributed by atoms with Crippen LogP contribution in [0.4, 0.5) is 0 Å². The van der Waals surface area contributed by atoms with Crippen molar-refractivity contribution in [2.45, 2.75) is 19.8 Å². The molecule has 0 amide bonds. The van der Waals surface area contributed by atoms with E-state index < -0.39 is 0 Å². The molecule has 0 nitrogen and oxygen atoms in total. The number of halogens is 1. The van der Waals surface area contributed by atoms with Gasteiger partial charge >= 0.3 is 0 Å². The average Bonchev–Trinajstić information content (AvgIpc) is 2.29. The number of benzene rings is 2. The Morgan fingerprint density at radius 2 is 1.56 bits per heavy atom. The van der Waals surface area contributed by atoms with Gasteiger partial charge in [0.1, 0.15) is 0 Å². The third-order valence-electron chi connectivity index (χ3n) is 2.69. The van der Waals surface area contributed by atoms with E-state index in [0.29, 0.717) is 5.92 Å². The second kappa shape index (κ2) is 4.84. The van der Waals surface area contributed by atoms with Gasteiger partial charge in [-0.15, -0.1) is 0 Å². The molecule has 0 bridgehead atoms. The molecule has 2 aromatic rings. The first kappa shape index (κ1) is 11.4. The zero-order valence-corrected chi connectivity index (χ0v) is 11.2. The Balaban J connectivity index is 2.50. The van der Waals surface area contributed by atoms with Gasteiger partial charge in [-0.2, -0.15) is 0 Å². The molecule has 0 aliphatic rings. The average molecular weight is 275 g/mol. The highest BCUT2D eigenvalue weighted by molar-refractivity contribution is 9.10. The fraction of sp³-hybridized carbons (Fsp3) is 0.200. The third-order valence-corrected chi connectivity index (χ3v) is 3.15. The zero-order valence-electron chi connectivity index (χ0n) is 9.57. The van der Waals surface area contributed by atoms with Gasteiger partial charge in [0.2, 0.25) is 0 Å². The van der Waals surface area contributed by atoms with E-state index in [4.69, 9.17) is 0 Å². The summed E-state index contributed by atoms with van der Waals surface area (Å²) in [6.45, 7) is 4.44. The zero-order chi connectivity index (χ0) is 11.5. The molecule has 0 aromatic heterocycles. The fourth-order valence-electron chi connectivity index (χ4n) is 1.74. The molecular weight excluding hydrogens is 260 g/mol. The van der Waals surface area contributed by atoms with Crippen LogP contribution in [0.3, 0.4) is 0 Å². The Morgan fingerprint density at radius 1 is 0.875 bits per heavy atom. The van der Waals surface area contributed by atoms with E-state index in [2.05, 4.69) is 72.2 Å². The Hall–Kier alpha value is -1.08. The van der Waals surface area contributed by atoms with Crippen molar-refractivity contribution in [3.05, 3.63) is 58.6 Å². The second-order valence-electron chi connectivity index (χ2n) is 4.29. The van der Waals surface area contributed by atoms with Crippen LogP contribution in [0.25, 0.3) is 11.1 Å². The van der Waals surface area contributed by atoms with Gasteiger partial charge in [-0.1, -0.05) is 66.2 Å². The van der Waals surface area contributed by atoms with E-state index in [1.54, 1.807) is 0 Å². The van der Waals surface area contributed by atoms with Crippen molar-refractivity contribution in [1.29, 1.82) is 0 Å². The number of rotatable bonds is 2. The maximum atomic E-state index is 3.58. The molecule has 0 unspecified atom stereocenters. The summed E-state index contributed by atoms with van der Waals surface area (Å²) in [4.78, 5) is 0. The fourth-order valence-corrected chi connectivity index (χ4v) is 2.25.